The Balaban J connectivity index is 2.88. The molecule has 1 atom stereocenters. The van der Waals surface area contributed by atoms with Crippen LogP contribution in [0.3, 0.4) is 0 Å². The summed E-state index contributed by atoms with van der Waals surface area (Å²) in [6.45, 7) is 1.41. The van der Waals surface area contributed by atoms with E-state index < -0.39 is 18.0 Å². The second kappa shape index (κ2) is 5.15. The predicted molar refractivity (Wildman–Crippen MR) is 67.6 cm³/mol. The van der Waals surface area contributed by atoms with Gasteiger partial charge in [0.05, 0.1) is 5.56 Å². The number of primary amides is 1. The number of halogens is 1. The van der Waals surface area contributed by atoms with Crippen LogP contribution in [0.25, 0.3) is 0 Å². The number of hydrogen-bond donors (Lipinski definition) is 2. The van der Waals surface area contributed by atoms with Crippen molar-refractivity contribution < 1.29 is 14.3 Å². The van der Waals surface area contributed by atoms with Crippen molar-refractivity contribution in [1.82, 2.24) is 0 Å². The number of benzene rings is 1. The fourth-order valence-corrected chi connectivity index (χ4v) is 1.48. The average Bonchev–Trinajstić information content (AvgIpc) is 2.21. The lowest BCUT2D eigenvalue weighted by molar-refractivity contribution is -0.125. The van der Waals surface area contributed by atoms with Gasteiger partial charge in [0, 0.05) is 9.26 Å². The van der Waals surface area contributed by atoms with Crippen LogP contribution in [-0.2, 0) is 9.53 Å². The predicted octanol–water partition coefficient (Wildman–Crippen LogP) is 0.904. The molecule has 4 N–H and O–H groups in total. The first-order valence-electron chi connectivity index (χ1n) is 4.47. The lowest BCUT2D eigenvalue weighted by Gasteiger charge is -2.11. The van der Waals surface area contributed by atoms with Gasteiger partial charge < -0.3 is 16.2 Å². The molecule has 16 heavy (non-hydrogen) atoms. The summed E-state index contributed by atoms with van der Waals surface area (Å²) >= 11 is 2.05. The quantitative estimate of drug-likeness (QED) is 0.488. The second-order valence-corrected chi connectivity index (χ2v) is 4.43. The maximum absolute atomic E-state index is 11.6. The number of nitrogen functional groups attached to an aromatic ring is 1. The molecule has 1 aromatic rings. The number of nitrogens with two attached hydrogens (primary N) is 2. The first-order valence-corrected chi connectivity index (χ1v) is 5.55. The van der Waals surface area contributed by atoms with E-state index in [2.05, 4.69) is 0 Å². The Hall–Kier alpha value is -1.31. The fourth-order valence-electron chi connectivity index (χ4n) is 0.987. The van der Waals surface area contributed by atoms with E-state index in [1.54, 1.807) is 18.2 Å². The van der Waals surface area contributed by atoms with Crippen LogP contribution < -0.4 is 11.5 Å². The molecule has 0 aliphatic heterocycles. The van der Waals surface area contributed by atoms with E-state index in [0.29, 0.717) is 5.69 Å². The molecule has 1 rings (SSSR count). The van der Waals surface area contributed by atoms with Gasteiger partial charge in [-0.15, -0.1) is 0 Å². The van der Waals surface area contributed by atoms with E-state index in [9.17, 15) is 9.59 Å². The molecule has 0 heterocycles. The molecule has 5 nitrogen and oxygen atoms in total. The van der Waals surface area contributed by atoms with E-state index in [-0.39, 0.29) is 5.56 Å². The Labute approximate surface area is 106 Å². The van der Waals surface area contributed by atoms with E-state index in [0.717, 1.165) is 3.57 Å². The summed E-state index contributed by atoms with van der Waals surface area (Å²) in [7, 11) is 0. The van der Waals surface area contributed by atoms with Gasteiger partial charge in [0.15, 0.2) is 6.10 Å². The maximum atomic E-state index is 11.6. The Morgan fingerprint density at radius 2 is 2.06 bits per heavy atom. The third-order valence-corrected chi connectivity index (χ3v) is 2.59. The first-order chi connectivity index (χ1) is 7.41. The van der Waals surface area contributed by atoms with Crippen LogP contribution in [0.4, 0.5) is 5.69 Å². The highest BCUT2D eigenvalue weighted by molar-refractivity contribution is 14.1. The summed E-state index contributed by atoms with van der Waals surface area (Å²) in [5, 5.41) is 0. The summed E-state index contributed by atoms with van der Waals surface area (Å²) in [6.07, 6.45) is -0.968. The molecule has 0 aliphatic carbocycles. The van der Waals surface area contributed by atoms with Gasteiger partial charge in [0.1, 0.15) is 0 Å². The molecular weight excluding hydrogens is 323 g/mol. The van der Waals surface area contributed by atoms with Crippen molar-refractivity contribution >= 4 is 40.2 Å². The third-order valence-electron chi connectivity index (χ3n) is 1.92. The highest BCUT2D eigenvalue weighted by Gasteiger charge is 2.18. The highest BCUT2D eigenvalue weighted by Crippen LogP contribution is 2.17. The summed E-state index contributed by atoms with van der Waals surface area (Å²) in [5.41, 5.74) is 11.1. The molecule has 0 aliphatic rings. The summed E-state index contributed by atoms with van der Waals surface area (Å²) in [5.74, 6) is -1.35. The van der Waals surface area contributed by atoms with Crippen LogP contribution in [0, 0.1) is 3.57 Å². The molecule has 0 aromatic heterocycles. The number of ether oxygens (including phenoxy) is 1. The molecule has 0 radical (unpaired) electrons. The molecule has 86 valence electrons. The minimum Gasteiger partial charge on any atom is -0.449 e. The number of esters is 1. The van der Waals surface area contributed by atoms with Crippen molar-refractivity contribution in [3.05, 3.63) is 27.3 Å². The smallest absolute Gasteiger partial charge is 0.341 e. The van der Waals surface area contributed by atoms with Gasteiger partial charge in [-0.1, -0.05) is 0 Å². The number of anilines is 1. The highest BCUT2D eigenvalue weighted by atomic mass is 127. The monoisotopic (exact) mass is 334 g/mol. The Bertz CT molecular complexity index is 434. The molecular formula is C10H11IN2O3. The van der Waals surface area contributed by atoms with Crippen LogP contribution in [0.15, 0.2) is 18.2 Å². The largest absolute Gasteiger partial charge is 0.449 e. The third kappa shape index (κ3) is 3.09. The number of hydrogen-bond acceptors (Lipinski definition) is 4. The Morgan fingerprint density at radius 1 is 1.44 bits per heavy atom. The van der Waals surface area contributed by atoms with Crippen molar-refractivity contribution in [2.75, 3.05) is 5.73 Å². The molecule has 0 fully saturated rings. The van der Waals surface area contributed by atoms with Gasteiger partial charge in [-0.05, 0) is 47.7 Å². The van der Waals surface area contributed by atoms with Gasteiger partial charge in [0.25, 0.3) is 5.91 Å². The molecule has 0 spiro atoms. The molecule has 0 unspecified atom stereocenters. The molecule has 0 saturated heterocycles. The normalized spacial score (nSPS) is 11.9. The zero-order valence-electron chi connectivity index (χ0n) is 8.57. The van der Waals surface area contributed by atoms with Crippen LogP contribution in [0.2, 0.25) is 0 Å². The summed E-state index contributed by atoms with van der Waals surface area (Å²) < 4.78 is 5.69. The van der Waals surface area contributed by atoms with Crippen LogP contribution >= 0.6 is 22.6 Å². The topological polar surface area (TPSA) is 95.4 Å². The SMILES string of the molecule is C[C@@H](OC(=O)c1cc(I)ccc1N)C(N)=O. The number of amides is 1. The van der Waals surface area contributed by atoms with Crippen molar-refractivity contribution in [2.24, 2.45) is 5.73 Å². The Kier molecular flexibility index (Phi) is 4.11. The van der Waals surface area contributed by atoms with Crippen LogP contribution in [0.5, 0.6) is 0 Å². The van der Waals surface area contributed by atoms with Crippen LogP contribution in [0.1, 0.15) is 17.3 Å². The zero-order chi connectivity index (χ0) is 12.3. The van der Waals surface area contributed by atoms with Crippen molar-refractivity contribution in [1.29, 1.82) is 0 Å². The van der Waals surface area contributed by atoms with E-state index >= 15 is 0 Å². The maximum Gasteiger partial charge on any atom is 0.341 e. The molecule has 1 amide bonds. The first kappa shape index (κ1) is 12.8. The molecule has 1 aromatic carbocycles. The second-order valence-electron chi connectivity index (χ2n) is 3.18. The van der Waals surface area contributed by atoms with Gasteiger partial charge >= 0.3 is 5.97 Å². The lowest BCUT2D eigenvalue weighted by Crippen LogP contribution is -2.30. The van der Waals surface area contributed by atoms with E-state index in [4.69, 9.17) is 16.2 Å². The summed E-state index contributed by atoms with van der Waals surface area (Å²) in [6, 6.07) is 4.96. The van der Waals surface area contributed by atoms with Crippen molar-refractivity contribution in [3.63, 3.8) is 0 Å². The number of carbonyl (C=O) groups excluding carboxylic acids is 2. The van der Waals surface area contributed by atoms with E-state index in [1.165, 1.54) is 6.92 Å². The fraction of sp³-hybridized carbons (Fsp3) is 0.200. The minimum absolute atomic E-state index is 0.236. The van der Waals surface area contributed by atoms with Gasteiger partial charge in [-0.3, -0.25) is 4.79 Å². The summed E-state index contributed by atoms with van der Waals surface area (Å²) in [4.78, 5) is 22.3. The average molecular weight is 334 g/mol. The van der Waals surface area contributed by atoms with Crippen molar-refractivity contribution in [2.45, 2.75) is 13.0 Å². The van der Waals surface area contributed by atoms with Crippen molar-refractivity contribution in [3.8, 4) is 0 Å². The van der Waals surface area contributed by atoms with Crippen LogP contribution in [-0.4, -0.2) is 18.0 Å². The lowest BCUT2D eigenvalue weighted by atomic mass is 10.2. The minimum atomic E-state index is -0.968. The Morgan fingerprint density at radius 3 is 2.62 bits per heavy atom. The van der Waals surface area contributed by atoms with E-state index in [1.807, 2.05) is 22.6 Å². The molecule has 0 bridgehead atoms. The number of carbonyl (C=O) groups is 2. The van der Waals surface area contributed by atoms with Gasteiger partial charge in [-0.2, -0.15) is 0 Å². The van der Waals surface area contributed by atoms with Gasteiger partial charge in [0.2, 0.25) is 0 Å². The number of rotatable bonds is 3. The zero-order valence-corrected chi connectivity index (χ0v) is 10.7. The molecule has 6 heteroatoms. The standard InChI is InChI=1S/C10H11IN2O3/c1-5(9(13)14)16-10(15)7-4-6(11)2-3-8(7)12/h2-5H,12H2,1H3,(H2,13,14)/t5-/m1/s1. The molecule has 0 saturated carbocycles. The van der Waals surface area contributed by atoms with Gasteiger partial charge in [-0.25, -0.2) is 4.79 Å².